The van der Waals surface area contributed by atoms with Gasteiger partial charge in [0, 0.05) is 25.7 Å². The Morgan fingerprint density at radius 3 is 0.717 bits per heavy atom. The Kier molecular flexibility index (Phi) is 75.6. The first-order valence-corrected chi connectivity index (χ1v) is 47.9. The highest BCUT2D eigenvalue weighted by molar-refractivity contribution is 7.47. The minimum Gasteiger partial charge on any atom is -0.462 e. The Balaban J connectivity index is 5.27. The van der Waals surface area contributed by atoms with E-state index in [1.807, 2.05) is 0 Å². The van der Waals surface area contributed by atoms with Crippen LogP contribution in [0.25, 0.3) is 0 Å². The van der Waals surface area contributed by atoms with Crippen molar-refractivity contribution in [3.05, 3.63) is 0 Å². The minimum atomic E-state index is -4.97. The van der Waals surface area contributed by atoms with Crippen molar-refractivity contribution in [1.29, 1.82) is 0 Å². The molecule has 0 aromatic heterocycles. The van der Waals surface area contributed by atoms with Gasteiger partial charge in [0.1, 0.15) is 19.3 Å². The van der Waals surface area contributed by atoms with Crippen molar-refractivity contribution >= 4 is 39.5 Å². The Hall–Kier alpha value is -1.94. The maximum atomic E-state index is 13.2. The molecule has 0 fully saturated rings. The molecule has 106 heavy (non-hydrogen) atoms. The number of hydrogen-bond donors (Lipinski definition) is 3. The van der Waals surface area contributed by atoms with Crippen LogP contribution in [0.2, 0.25) is 0 Å². The molecule has 0 aliphatic heterocycles. The molecule has 0 rings (SSSR count). The van der Waals surface area contributed by atoms with Gasteiger partial charge >= 0.3 is 39.5 Å². The summed E-state index contributed by atoms with van der Waals surface area (Å²) in [4.78, 5) is 73.3. The number of hydrogen-bond acceptors (Lipinski definition) is 15. The average Bonchev–Trinajstić information content (AvgIpc) is 0.901. The van der Waals surface area contributed by atoms with Crippen molar-refractivity contribution in [1.82, 2.24) is 0 Å². The zero-order chi connectivity index (χ0) is 77.9. The smallest absolute Gasteiger partial charge is 0.462 e. The molecule has 0 aromatic carbocycles. The quantitative estimate of drug-likeness (QED) is 0.0222. The fourth-order valence-electron chi connectivity index (χ4n) is 13.5. The summed E-state index contributed by atoms with van der Waals surface area (Å²) in [6, 6.07) is 0. The molecule has 4 unspecified atom stereocenters. The van der Waals surface area contributed by atoms with Crippen molar-refractivity contribution < 1.29 is 80.2 Å². The summed E-state index contributed by atoms with van der Waals surface area (Å²) in [6.45, 7) is 12.1. The minimum absolute atomic E-state index is 0.108. The molecule has 0 saturated heterocycles. The molecular formula is C87H170O17P2. The number of carbonyl (C=O) groups excluding carboxylic acids is 4. The van der Waals surface area contributed by atoms with Crippen molar-refractivity contribution in [2.24, 2.45) is 17.8 Å². The van der Waals surface area contributed by atoms with Gasteiger partial charge < -0.3 is 33.8 Å². The first-order chi connectivity index (χ1) is 51.3. The SMILES string of the molecule is CCCCCCCCCCCCCCC(=O)OC[C@H](COP(=O)(O)OC[C@H](O)COP(=O)(O)OC[C@@H](COC(=O)CCCCCCCCCCCCCCCCC(C)CC)OC(=O)CCCCCCCCCCCCCCCCCC(C)C)OC(=O)CCCCCCCCCCCCCCCCC(C)CC. The molecule has 0 aromatic rings. The monoisotopic (exact) mass is 1550 g/mol. The second-order valence-corrected chi connectivity index (χ2v) is 35.1. The van der Waals surface area contributed by atoms with E-state index >= 15 is 0 Å². The summed E-state index contributed by atoms with van der Waals surface area (Å²) in [5, 5.41) is 10.7. The van der Waals surface area contributed by atoms with E-state index in [1.54, 1.807) is 0 Å². The zero-order valence-corrected chi connectivity index (χ0v) is 71.7. The topological polar surface area (TPSA) is 237 Å². The molecule has 0 heterocycles. The highest BCUT2D eigenvalue weighted by atomic mass is 31.2. The molecule has 0 spiro atoms. The molecule has 19 heteroatoms. The highest BCUT2D eigenvalue weighted by Gasteiger charge is 2.31. The molecule has 630 valence electrons. The van der Waals surface area contributed by atoms with Crippen molar-refractivity contribution in [3.63, 3.8) is 0 Å². The van der Waals surface area contributed by atoms with Gasteiger partial charge in [0.15, 0.2) is 12.2 Å². The van der Waals surface area contributed by atoms with Gasteiger partial charge in [0.25, 0.3) is 0 Å². The number of esters is 4. The Labute approximate surface area is 651 Å². The van der Waals surface area contributed by atoms with Gasteiger partial charge in [-0.1, -0.05) is 408 Å². The van der Waals surface area contributed by atoms with E-state index in [1.165, 1.54) is 270 Å². The Bertz CT molecular complexity index is 2050. The van der Waals surface area contributed by atoms with E-state index in [0.717, 1.165) is 108 Å². The van der Waals surface area contributed by atoms with Gasteiger partial charge in [-0.15, -0.1) is 0 Å². The normalized spacial score (nSPS) is 14.4. The van der Waals surface area contributed by atoms with E-state index in [9.17, 15) is 43.2 Å². The standard InChI is InChI=1S/C87H170O17P2/c1-8-11-12-13-14-15-16-33-40-47-54-61-68-84(89)97-74-82(103-87(92)71-64-57-50-43-36-29-23-21-26-32-39-46-53-60-67-80(7)10-3)76-101-105(93,94)99-72-81(88)73-100-106(95,96)102-77-83(104-86(91)70-63-56-49-42-35-28-19-17-18-24-30-37-44-51-58-65-78(4)5)75-98-85(90)69-62-55-48-41-34-27-22-20-25-31-38-45-52-59-66-79(6)9-2/h78-83,88H,8-77H2,1-7H3,(H,93,94)(H,95,96)/t79?,80?,81-,82+,83+/m0/s1. The zero-order valence-electron chi connectivity index (χ0n) is 69.9. The van der Waals surface area contributed by atoms with Gasteiger partial charge in [-0.2, -0.15) is 0 Å². The molecule has 0 saturated carbocycles. The van der Waals surface area contributed by atoms with Crippen LogP contribution in [0.5, 0.6) is 0 Å². The molecule has 0 amide bonds. The van der Waals surface area contributed by atoms with Crippen molar-refractivity contribution in [2.45, 2.75) is 478 Å². The summed E-state index contributed by atoms with van der Waals surface area (Å²) in [5.41, 5.74) is 0. The van der Waals surface area contributed by atoms with Crippen LogP contribution in [0.3, 0.4) is 0 Å². The summed E-state index contributed by atoms with van der Waals surface area (Å²) in [6.07, 6.45) is 67.7. The summed E-state index contributed by atoms with van der Waals surface area (Å²) >= 11 is 0. The predicted molar refractivity (Wildman–Crippen MR) is 437 cm³/mol. The summed E-state index contributed by atoms with van der Waals surface area (Å²) < 4.78 is 69.0. The average molecular weight is 1550 g/mol. The third-order valence-electron chi connectivity index (χ3n) is 21.1. The van der Waals surface area contributed by atoms with Gasteiger partial charge in [-0.05, 0) is 43.4 Å². The number of phosphoric acid groups is 2. The van der Waals surface area contributed by atoms with E-state index < -0.39 is 97.5 Å². The number of rotatable bonds is 85. The Morgan fingerprint density at radius 2 is 0.481 bits per heavy atom. The molecular weight excluding hydrogens is 1380 g/mol. The third kappa shape index (κ3) is 77.4. The van der Waals surface area contributed by atoms with Gasteiger partial charge in [0.05, 0.1) is 26.4 Å². The number of ether oxygens (including phenoxy) is 4. The van der Waals surface area contributed by atoms with Crippen molar-refractivity contribution in [2.75, 3.05) is 39.6 Å². The molecule has 7 atom stereocenters. The van der Waals surface area contributed by atoms with Crippen LogP contribution < -0.4 is 0 Å². The van der Waals surface area contributed by atoms with Gasteiger partial charge in [-0.3, -0.25) is 37.3 Å². The lowest BCUT2D eigenvalue weighted by Gasteiger charge is -2.21. The number of unbranched alkanes of at least 4 members (excludes halogenated alkanes) is 51. The van der Waals surface area contributed by atoms with E-state index in [2.05, 4.69) is 48.5 Å². The van der Waals surface area contributed by atoms with Crippen LogP contribution >= 0.6 is 15.6 Å². The maximum absolute atomic E-state index is 13.2. The molecule has 17 nitrogen and oxygen atoms in total. The van der Waals surface area contributed by atoms with Gasteiger partial charge in [-0.25, -0.2) is 9.13 Å². The van der Waals surface area contributed by atoms with Crippen LogP contribution in [0.4, 0.5) is 0 Å². The fraction of sp³-hybridized carbons (Fsp3) is 0.954. The molecule has 0 bridgehead atoms. The fourth-order valence-corrected chi connectivity index (χ4v) is 15.1. The lowest BCUT2D eigenvalue weighted by atomic mass is 9.99. The second kappa shape index (κ2) is 77.0. The van der Waals surface area contributed by atoms with Crippen LogP contribution in [0, 0.1) is 17.8 Å². The van der Waals surface area contributed by atoms with Crippen LogP contribution in [-0.2, 0) is 65.4 Å². The maximum Gasteiger partial charge on any atom is 0.472 e. The summed E-state index contributed by atoms with van der Waals surface area (Å²) in [5.74, 6) is 0.398. The van der Waals surface area contributed by atoms with Crippen LogP contribution in [0.1, 0.15) is 459 Å². The van der Waals surface area contributed by atoms with E-state index in [-0.39, 0.29) is 25.7 Å². The number of aliphatic hydroxyl groups is 1. The Morgan fingerprint density at radius 1 is 0.274 bits per heavy atom. The molecule has 0 radical (unpaired) electrons. The lowest BCUT2D eigenvalue weighted by molar-refractivity contribution is -0.161. The van der Waals surface area contributed by atoms with Crippen LogP contribution in [0.15, 0.2) is 0 Å². The van der Waals surface area contributed by atoms with E-state index in [0.29, 0.717) is 25.7 Å². The number of carbonyl (C=O) groups is 4. The number of phosphoric ester groups is 2. The molecule has 0 aliphatic rings. The largest absolute Gasteiger partial charge is 0.472 e. The predicted octanol–water partition coefficient (Wildman–Crippen LogP) is 26.5. The number of aliphatic hydroxyl groups excluding tert-OH is 1. The second-order valence-electron chi connectivity index (χ2n) is 32.2. The summed E-state index contributed by atoms with van der Waals surface area (Å²) in [7, 11) is -9.93. The van der Waals surface area contributed by atoms with E-state index in [4.69, 9.17) is 37.0 Å². The lowest BCUT2D eigenvalue weighted by Crippen LogP contribution is -2.30. The molecule has 3 N–H and O–H groups in total. The molecule has 0 aliphatic carbocycles. The van der Waals surface area contributed by atoms with Crippen LogP contribution in [-0.4, -0.2) is 96.7 Å². The van der Waals surface area contributed by atoms with Crippen molar-refractivity contribution in [3.8, 4) is 0 Å². The first kappa shape index (κ1) is 104. The van der Waals surface area contributed by atoms with Gasteiger partial charge in [0.2, 0.25) is 0 Å². The third-order valence-corrected chi connectivity index (χ3v) is 23.0. The highest BCUT2D eigenvalue weighted by Crippen LogP contribution is 2.45. The first-order valence-electron chi connectivity index (χ1n) is 44.9.